The van der Waals surface area contributed by atoms with Crippen molar-refractivity contribution in [1.29, 1.82) is 0 Å². The van der Waals surface area contributed by atoms with Gasteiger partial charge in [0.2, 0.25) is 0 Å². The van der Waals surface area contributed by atoms with Gasteiger partial charge in [0.15, 0.2) is 0 Å². The third-order valence-electron chi connectivity index (χ3n) is 4.63. The Morgan fingerprint density at radius 1 is 1.14 bits per heavy atom. The van der Waals surface area contributed by atoms with Gasteiger partial charge in [-0.25, -0.2) is 0 Å². The highest BCUT2D eigenvalue weighted by Gasteiger charge is 2.35. The molecule has 3 nitrogen and oxygen atoms in total. The van der Waals surface area contributed by atoms with Gasteiger partial charge in [0.25, 0.3) is 5.91 Å². The third-order valence-corrected chi connectivity index (χ3v) is 4.63. The Hall–Kier alpha value is -1.64. The van der Waals surface area contributed by atoms with Crippen LogP contribution in [0, 0.1) is 5.92 Å². The lowest BCUT2D eigenvalue weighted by Gasteiger charge is -2.36. The maximum Gasteiger partial charge on any atom is 0.252 e. The van der Waals surface area contributed by atoms with Crippen LogP contribution in [0.25, 0.3) is 0 Å². The van der Waals surface area contributed by atoms with E-state index < -0.39 is 0 Å². The lowest BCUT2D eigenvalue weighted by Crippen LogP contribution is -2.47. The number of fused-ring (bicyclic) bond motifs is 1. The SMILES string of the molecule is CC(C)C1N=Cc2ccccc2N(C2CCCCC2)C1=O. The van der Waals surface area contributed by atoms with Gasteiger partial charge in [0.05, 0.1) is 5.69 Å². The normalized spacial score (nSPS) is 23.3. The molecule has 0 aromatic heterocycles. The number of anilines is 1. The van der Waals surface area contributed by atoms with Gasteiger partial charge >= 0.3 is 0 Å². The van der Waals surface area contributed by atoms with Crippen molar-refractivity contribution in [3.8, 4) is 0 Å². The fraction of sp³-hybridized carbons (Fsp3) is 0.556. The van der Waals surface area contributed by atoms with Gasteiger partial charge in [0.1, 0.15) is 6.04 Å². The second-order valence-electron chi connectivity index (χ2n) is 6.53. The maximum absolute atomic E-state index is 13.1. The van der Waals surface area contributed by atoms with E-state index in [0.717, 1.165) is 24.1 Å². The van der Waals surface area contributed by atoms with E-state index >= 15 is 0 Å². The van der Waals surface area contributed by atoms with Crippen molar-refractivity contribution in [2.24, 2.45) is 10.9 Å². The molecule has 1 unspecified atom stereocenters. The number of rotatable bonds is 2. The summed E-state index contributed by atoms with van der Waals surface area (Å²) in [5, 5.41) is 0. The van der Waals surface area contributed by atoms with Crippen LogP contribution in [0.4, 0.5) is 5.69 Å². The minimum Gasteiger partial charge on any atom is -0.307 e. The van der Waals surface area contributed by atoms with Crippen LogP contribution >= 0.6 is 0 Å². The quantitative estimate of drug-likeness (QED) is 0.813. The van der Waals surface area contributed by atoms with E-state index in [1.165, 1.54) is 19.3 Å². The molecule has 0 saturated heterocycles. The smallest absolute Gasteiger partial charge is 0.252 e. The highest BCUT2D eigenvalue weighted by atomic mass is 16.2. The Labute approximate surface area is 127 Å². The largest absolute Gasteiger partial charge is 0.307 e. The van der Waals surface area contributed by atoms with Gasteiger partial charge in [0, 0.05) is 17.8 Å². The van der Waals surface area contributed by atoms with Crippen LogP contribution in [0.1, 0.15) is 51.5 Å². The van der Waals surface area contributed by atoms with E-state index in [4.69, 9.17) is 0 Å². The van der Waals surface area contributed by atoms with E-state index in [-0.39, 0.29) is 17.9 Å². The summed E-state index contributed by atoms with van der Waals surface area (Å²) in [6, 6.07) is 8.26. The Balaban J connectivity index is 2.03. The molecule has 1 fully saturated rings. The average Bonchev–Trinajstić information content (AvgIpc) is 2.64. The van der Waals surface area contributed by atoms with E-state index in [0.29, 0.717) is 6.04 Å². The Morgan fingerprint density at radius 3 is 2.57 bits per heavy atom. The number of hydrogen-bond donors (Lipinski definition) is 0. The Bertz CT molecular complexity index is 544. The summed E-state index contributed by atoms with van der Waals surface area (Å²) in [5.74, 6) is 0.409. The summed E-state index contributed by atoms with van der Waals surface area (Å²) >= 11 is 0. The highest BCUT2D eigenvalue weighted by Crippen LogP contribution is 2.32. The van der Waals surface area contributed by atoms with Crippen molar-refractivity contribution >= 4 is 17.8 Å². The van der Waals surface area contributed by atoms with Gasteiger partial charge in [-0.2, -0.15) is 0 Å². The second kappa shape index (κ2) is 6.00. The second-order valence-corrected chi connectivity index (χ2v) is 6.53. The first kappa shape index (κ1) is 14.3. The summed E-state index contributed by atoms with van der Waals surface area (Å²) in [6.07, 6.45) is 7.87. The van der Waals surface area contributed by atoms with Crippen molar-refractivity contribution in [2.45, 2.75) is 58.0 Å². The number of carbonyl (C=O) groups excluding carboxylic acids is 1. The predicted octanol–water partition coefficient (Wildman–Crippen LogP) is 3.81. The summed E-state index contributed by atoms with van der Waals surface area (Å²) in [4.78, 5) is 19.7. The number of aliphatic imine (C=N–C) groups is 1. The van der Waals surface area contributed by atoms with Crippen molar-refractivity contribution in [3.05, 3.63) is 29.8 Å². The molecule has 0 bridgehead atoms. The van der Waals surface area contributed by atoms with E-state index in [9.17, 15) is 4.79 Å². The van der Waals surface area contributed by atoms with Crippen LogP contribution < -0.4 is 4.90 Å². The molecule has 3 heteroatoms. The Kier molecular flexibility index (Phi) is 4.09. The molecule has 3 rings (SSSR count). The minimum absolute atomic E-state index is 0.179. The van der Waals surface area contributed by atoms with Crippen molar-refractivity contribution in [2.75, 3.05) is 4.90 Å². The molecule has 1 heterocycles. The van der Waals surface area contributed by atoms with E-state index in [1.54, 1.807) is 0 Å². The van der Waals surface area contributed by atoms with Crippen LogP contribution in [0.2, 0.25) is 0 Å². The number of benzodiazepines with no additional fused rings is 1. The minimum atomic E-state index is -0.251. The van der Waals surface area contributed by atoms with E-state index in [2.05, 4.69) is 35.9 Å². The monoisotopic (exact) mass is 284 g/mol. The van der Waals surface area contributed by atoms with Crippen LogP contribution in [0.5, 0.6) is 0 Å². The molecule has 112 valence electrons. The number of hydrogen-bond acceptors (Lipinski definition) is 2. The number of benzene rings is 1. The fourth-order valence-corrected chi connectivity index (χ4v) is 3.47. The summed E-state index contributed by atoms with van der Waals surface area (Å²) in [5.41, 5.74) is 2.11. The maximum atomic E-state index is 13.1. The number of nitrogens with zero attached hydrogens (tertiary/aromatic N) is 2. The van der Waals surface area contributed by atoms with Gasteiger partial charge < -0.3 is 4.90 Å². The predicted molar refractivity (Wildman–Crippen MR) is 87.0 cm³/mol. The summed E-state index contributed by atoms with van der Waals surface area (Å²) in [6.45, 7) is 4.16. The molecule has 1 aliphatic carbocycles. The lowest BCUT2D eigenvalue weighted by atomic mass is 9.92. The molecule has 1 aromatic rings. The summed E-state index contributed by atoms with van der Waals surface area (Å²) in [7, 11) is 0. The zero-order chi connectivity index (χ0) is 14.8. The molecular weight excluding hydrogens is 260 g/mol. The standard InChI is InChI=1S/C18H24N2O/c1-13(2)17-18(21)20(15-9-4-3-5-10-15)16-11-7-6-8-14(16)12-19-17/h6-8,11-13,15,17H,3-5,9-10H2,1-2H3. The highest BCUT2D eigenvalue weighted by molar-refractivity contribution is 6.05. The molecule has 1 saturated carbocycles. The molecular formula is C18H24N2O. The first-order valence-electron chi connectivity index (χ1n) is 8.14. The van der Waals surface area contributed by atoms with Crippen molar-refractivity contribution < 1.29 is 4.79 Å². The van der Waals surface area contributed by atoms with Crippen molar-refractivity contribution in [1.82, 2.24) is 0 Å². The molecule has 1 atom stereocenters. The van der Waals surface area contributed by atoms with Crippen molar-refractivity contribution in [3.63, 3.8) is 0 Å². The van der Waals surface area contributed by atoms with Crippen LogP contribution in [-0.2, 0) is 4.79 Å². The third kappa shape index (κ3) is 2.74. The molecule has 0 spiro atoms. The first-order valence-corrected chi connectivity index (χ1v) is 8.14. The average molecular weight is 284 g/mol. The van der Waals surface area contributed by atoms with E-state index in [1.807, 2.05) is 18.3 Å². The molecule has 0 radical (unpaired) electrons. The van der Waals surface area contributed by atoms with Gasteiger partial charge in [-0.05, 0) is 24.8 Å². The van der Waals surface area contributed by atoms with Gasteiger partial charge in [-0.3, -0.25) is 9.79 Å². The molecule has 1 aliphatic heterocycles. The number of amides is 1. The molecule has 0 N–H and O–H groups in total. The molecule has 1 amide bonds. The van der Waals surface area contributed by atoms with Crippen LogP contribution in [-0.4, -0.2) is 24.2 Å². The fourth-order valence-electron chi connectivity index (χ4n) is 3.47. The number of para-hydroxylation sites is 1. The van der Waals surface area contributed by atoms with Crippen LogP contribution in [0.15, 0.2) is 29.3 Å². The van der Waals surface area contributed by atoms with Gasteiger partial charge in [-0.15, -0.1) is 0 Å². The molecule has 2 aliphatic rings. The number of carbonyl (C=O) groups is 1. The van der Waals surface area contributed by atoms with Crippen LogP contribution in [0.3, 0.4) is 0 Å². The Morgan fingerprint density at radius 2 is 1.86 bits per heavy atom. The topological polar surface area (TPSA) is 32.7 Å². The molecule has 1 aromatic carbocycles. The first-order chi connectivity index (χ1) is 10.2. The zero-order valence-electron chi connectivity index (χ0n) is 13.0. The summed E-state index contributed by atoms with van der Waals surface area (Å²) < 4.78 is 0. The van der Waals surface area contributed by atoms with Gasteiger partial charge in [-0.1, -0.05) is 51.3 Å². The zero-order valence-corrected chi connectivity index (χ0v) is 13.0. The lowest BCUT2D eigenvalue weighted by molar-refractivity contribution is -0.121. The molecule has 21 heavy (non-hydrogen) atoms.